The van der Waals surface area contributed by atoms with Gasteiger partial charge in [0, 0.05) is 18.8 Å². The maximum Gasteiger partial charge on any atom is 0.407 e. The predicted molar refractivity (Wildman–Crippen MR) is 128 cm³/mol. The Labute approximate surface area is 198 Å². The Morgan fingerprint density at radius 3 is 2.62 bits per heavy atom. The highest BCUT2D eigenvalue weighted by Crippen LogP contribution is 2.22. The number of aryl methyl sites for hydroxylation is 1. The van der Waals surface area contributed by atoms with Gasteiger partial charge in [-0.2, -0.15) is 5.10 Å². The average molecular weight is 469 g/mol. The molecule has 0 saturated heterocycles. The second kappa shape index (κ2) is 9.70. The first-order valence-corrected chi connectivity index (χ1v) is 11.7. The Bertz CT molecular complexity index is 1160. The zero-order valence-corrected chi connectivity index (χ0v) is 20.0. The number of hydrogen-bond acceptors (Lipinski definition) is 7. The van der Waals surface area contributed by atoms with E-state index in [1.54, 1.807) is 39.9 Å². The summed E-state index contributed by atoms with van der Waals surface area (Å²) in [7, 11) is 0. The van der Waals surface area contributed by atoms with E-state index < -0.39 is 11.7 Å². The largest absolute Gasteiger partial charge is 0.444 e. The van der Waals surface area contributed by atoms with E-state index in [4.69, 9.17) is 4.74 Å². The molecule has 0 unspecified atom stereocenters. The highest BCUT2D eigenvalue weighted by molar-refractivity contribution is 6.03. The maximum atomic E-state index is 12.9. The van der Waals surface area contributed by atoms with Gasteiger partial charge in [0.25, 0.3) is 5.91 Å². The summed E-state index contributed by atoms with van der Waals surface area (Å²) in [6, 6.07) is 3.35. The van der Waals surface area contributed by atoms with E-state index in [2.05, 4.69) is 31.1 Å². The number of rotatable bonds is 6. The molecule has 182 valence electrons. The van der Waals surface area contributed by atoms with Crippen LogP contribution in [-0.2, 0) is 11.3 Å². The second-order valence-corrected chi connectivity index (χ2v) is 9.46. The number of fused-ring (bicyclic) bond motifs is 1. The first-order valence-electron chi connectivity index (χ1n) is 11.7. The minimum Gasteiger partial charge on any atom is -0.444 e. The van der Waals surface area contributed by atoms with Gasteiger partial charge in [0.2, 0.25) is 5.95 Å². The topological polar surface area (TPSA) is 127 Å². The highest BCUT2D eigenvalue weighted by atomic mass is 16.6. The minimum absolute atomic E-state index is 0.0496. The third-order valence-electron chi connectivity index (χ3n) is 5.63. The molecule has 3 heterocycles. The van der Waals surface area contributed by atoms with Crippen LogP contribution >= 0.6 is 0 Å². The van der Waals surface area contributed by atoms with Crippen LogP contribution in [0.2, 0.25) is 0 Å². The van der Waals surface area contributed by atoms with Crippen molar-refractivity contribution < 1.29 is 14.3 Å². The molecule has 2 amide bonds. The number of aromatic nitrogens is 5. The third-order valence-corrected chi connectivity index (χ3v) is 5.63. The Morgan fingerprint density at radius 1 is 1.15 bits per heavy atom. The summed E-state index contributed by atoms with van der Waals surface area (Å²) in [6.45, 7) is 8.22. The van der Waals surface area contributed by atoms with Crippen molar-refractivity contribution in [2.75, 3.05) is 10.6 Å². The lowest BCUT2D eigenvalue weighted by Gasteiger charge is -2.33. The van der Waals surface area contributed by atoms with Gasteiger partial charge in [-0.3, -0.25) is 9.48 Å². The number of nitrogens with one attached hydrogen (secondary N) is 3. The SMILES string of the molecule is CCn1cc(NC(=O)c2ccc3cnc(N[C@@H]4CCCC[C@@H]4NC(=O)OC(C)(C)C)nn23)cn1. The predicted octanol–water partition coefficient (Wildman–Crippen LogP) is 3.45. The van der Waals surface area contributed by atoms with Crippen molar-refractivity contribution in [3.8, 4) is 0 Å². The standard InChI is InChI=1S/C23H32N8O3/c1-5-30-14-15(12-25-30)26-20(32)19-11-10-16-13-24-21(29-31(16)19)27-17-8-6-7-9-18(17)28-22(33)34-23(2,3)4/h10-14,17-18H,5-9H2,1-4H3,(H,26,32)(H,27,29)(H,28,33)/t17-,18+/m1/s1. The first-order chi connectivity index (χ1) is 16.2. The molecule has 1 aliphatic rings. The quantitative estimate of drug-likeness (QED) is 0.506. The van der Waals surface area contributed by atoms with E-state index in [1.807, 2.05) is 27.7 Å². The van der Waals surface area contributed by atoms with E-state index in [0.717, 1.165) is 32.2 Å². The molecule has 0 radical (unpaired) electrons. The van der Waals surface area contributed by atoms with Crippen LogP contribution < -0.4 is 16.0 Å². The van der Waals surface area contributed by atoms with Gasteiger partial charge in [-0.15, -0.1) is 5.10 Å². The van der Waals surface area contributed by atoms with E-state index in [1.165, 1.54) is 0 Å². The molecule has 0 bridgehead atoms. The Hall–Kier alpha value is -3.63. The number of carbonyl (C=O) groups excluding carboxylic acids is 2. The zero-order valence-electron chi connectivity index (χ0n) is 20.0. The van der Waals surface area contributed by atoms with Gasteiger partial charge >= 0.3 is 6.09 Å². The molecule has 11 heteroatoms. The van der Waals surface area contributed by atoms with Gasteiger partial charge in [-0.05, 0) is 52.7 Å². The van der Waals surface area contributed by atoms with Crippen LogP contribution in [0.15, 0.2) is 30.7 Å². The monoisotopic (exact) mass is 468 g/mol. The van der Waals surface area contributed by atoms with Crippen molar-refractivity contribution in [2.24, 2.45) is 0 Å². The van der Waals surface area contributed by atoms with E-state index >= 15 is 0 Å². The number of hydrogen-bond donors (Lipinski definition) is 3. The van der Waals surface area contributed by atoms with Gasteiger partial charge in [-0.1, -0.05) is 12.8 Å². The van der Waals surface area contributed by atoms with E-state index in [9.17, 15) is 9.59 Å². The molecule has 0 aromatic carbocycles. The molecule has 11 nitrogen and oxygen atoms in total. The second-order valence-electron chi connectivity index (χ2n) is 9.46. The van der Waals surface area contributed by atoms with Crippen molar-refractivity contribution >= 4 is 29.2 Å². The molecular weight excluding hydrogens is 436 g/mol. The summed E-state index contributed by atoms with van der Waals surface area (Å²) < 4.78 is 8.72. The summed E-state index contributed by atoms with van der Waals surface area (Å²) in [5.41, 5.74) is 1.15. The molecule has 0 spiro atoms. The van der Waals surface area contributed by atoms with Crippen LogP contribution in [0.3, 0.4) is 0 Å². The lowest BCUT2D eigenvalue weighted by atomic mass is 9.90. The fraction of sp³-hybridized carbons (Fsp3) is 0.522. The Balaban J connectivity index is 1.48. The van der Waals surface area contributed by atoms with E-state index in [0.29, 0.717) is 22.8 Å². The molecule has 0 aliphatic heterocycles. The summed E-state index contributed by atoms with van der Waals surface area (Å²) in [4.78, 5) is 29.6. The van der Waals surface area contributed by atoms with Crippen molar-refractivity contribution in [1.82, 2.24) is 29.7 Å². The minimum atomic E-state index is -0.559. The lowest BCUT2D eigenvalue weighted by molar-refractivity contribution is 0.0488. The summed E-state index contributed by atoms with van der Waals surface area (Å²) >= 11 is 0. The third kappa shape index (κ3) is 5.64. The van der Waals surface area contributed by atoms with Crippen LogP contribution in [0.4, 0.5) is 16.4 Å². The van der Waals surface area contributed by atoms with Gasteiger partial charge in [0.15, 0.2) is 0 Å². The van der Waals surface area contributed by atoms with Crippen LogP contribution in [0.5, 0.6) is 0 Å². The normalized spacial score (nSPS) is 18.5. The molecule has 1 aliphatic carbocycles. The zero-order chi connectivity index (χ0) is 24.3. The first kappa shape index (κ1) is 23.5. The van der Waals surface area contributed by atoms with Crippen LogP contribution in [-0.4, -0.2) is 54.1 Å². The van der Waals surface area contributed by atoms with Crippen molar-refractivity contribution in [3.63, 3.8) is 0 Å². The van der Waals surface area contributed by atoms with Crippen molar-refractivity contribution in [1.29, 1.82) is 0 Å². The lowest BCUT2D eigenvalue weighted by Crippen LogP contribution is -2.50. The van der Waals surface area contributed by atoms with Crippen molar-refractivity contribution in [2.45, 2.75) is 77.6 Å². The number of alkyl carbamates (subject to hydrolysis) is 1. The van der Waals surface area contributed by atoms with Gasteiger partial charge < -0.3 is 20.7 Å². The highest BCUT2D eigenvalue weighted by Gasteiger charge is 2.29. The molecule has 1 saturated carbocycles. The summed E-state index contributed by atoms with van der Waals surface area (Å²) in [5, 5.41) is 17.9. The molecule has 3 N–H and O–H groups in total. The van der Waals surface area contributed by atoms with Gasteiger partial charge in [0.05, 0.1) is 29.6 Å². The molecule has 3 aromatic heterocycles. The summed E-state index contributed by atoms with van der Waals surface area (Å²) in [5.74, 6) is 0.0990. The molecule has 4 rings (SSSR count). The molecule has 2 atom stereocenters. The average Bonchev–Trinajstić information content (AvgIpc) is 3.40. The molecule has 34 heavy (non-hydrogen) atoms. The number of carbonyl (C=O) groups is 2. The number of ether oxygens (including phenoxy) is 1. The summed E-state index contributed by atoms with van der Waals surface area (Å²) in [6.07, 6.45) is 8.38. The van der Waals surface area contributed by atoms with Crippen LogP contribution in [0.1, 0.15) is 63.9 Å². The smallest absolute Gasteiger partial charge is 0.407 e. The number of amides is 2. The fourth-order valence-electron chi connectivity index (χ4n) is 4.04. The maximum absolute atomic E-state index is 12.9. The van der Waals surface area contributed by atoms with E-state index in [-0.39, 0.29) is 18.0 Å². The Morgan fingerprint density at radius 2 is 1.91 bits per heavy atom. The van der Waals surface area contributed by atoms with Crippen LogP contribution in [0, 0.1) is 0 Å². The Kier molecular flexibility index (Phi) is 6.71. The molecular formula is C23H32N8O3. The van der Waals surface area contributed by atoms with Gasteiger partial charge in [-0.25, -0.2) is 14.3 Å². The number of anilines is 2. The molecule has 3 aromatic rings. The van der Waals surface area contributed by atoms with Crippen LogP contribution in [0.25, 0.3) is 5.52 Å². The molecule has 1 fully saturated rings. The van der Waals surface area contributed by atoms with Gasteiger partial charge in [0.1, 0.15) is 11.3 Å². The fourth-order valence-corrected chi connectivity index (χ4v) is 4.04. The number of nitrogens with zero attached hydrogens (tertiary/aromatic N) is 5. The van der Waals surface area contributed by atoms with Crippen molar-refractivity contribution in [3.05, 3.63) is 36.4 Å².